The van der Waals surface area contributed by atoms with Crippen LogP contribution in [0.1, 0.15) is 34.9 Å². The van der Waals surface area contributed by atoms with Crippen LogP contribution in [0.25, 0.3) is 11.3 Å². The molecule has 148 valence electrons. The van der Waals surface area contributed by atoms with Crippen LogP contribution in [0, 0.1) is 13.8 Å². The van der Waals surface area contributed by atoms with E-state index in [1.54, 1.807) is 18.4 Å². The quantitative estimate of drug-likeness (QED) is 0.413. The number of ether oxygens (including phenoxy) is 1. The number of aromatic nitrogens is 1. The minimum absolute atomic E-state index is 0.622. The first-order valence-corrected chi connectivity index (χ1v) is 10.8. The lowest BCUT2D eigenvalue weighted by molar-refractivity contribution is 0.184. The summed E-state index contributed by atoms with van der Waals surface area (Å²) >= 11 is 8.24. The van der Waals surface area contributed by atoms with E-state index < -0.39 is 0 Å². The predicted octanol–water partition coefficient (Wildman–Crippen LogP) is 6.64. The molecule has 3 nitrogen and oxygen atoms in total. The lowest BCUT2D eigenvalue weighted by atomic mass is 10.1. The average molecular weight is 415 g/mol. The summed E-state index contributed by atoms with van der Waals surface area (Å²) in [7, 11) is 1.74. The van der Waals surface area contributed by atoms with Gasteiger partial charge in [-0.1, -0.05) is 54.9 Å². The molecule has 3 rings (SSSR count). The van der Waals surface area contributed by atoms with E-state index in [-0.39, 0.29) is 0 Å². The molecule has 0 atom stereocenters. The van der Waals surface area contributed by atoms with E-state index in [2.05, 4.69) is 62.1 Å². The van der Waals surface area contributed by atoms with Crippen molar-refractivity contribution in [3.63, 3.8) is 0 Å². The Morgan fingerprint density at radius 2 is 1.86 bits per heavy atom. The molecule has 2 aromatic carbocycles. The Morgan fingerprint density at radius 1 is 1.11 bits per heavy atom. The second-order valence-corrected chi connectivity index (χ2v) is 8.60. The molecule has 0 unspecified atom stereocenters. The summed E-state index contributed by atoms with van der Waals surface area (Å²) in [5.41, 5.74) is 5.64. The molecule has 0 fully saturated rings. The van der Waals surface area contributed by atoms with E-state index in [0.29, 0.717) is 6.61 Å². The van der Waals surface area contributed by atoms with Gasteiger partial charge in [0.1, 0.15) is 0 Å². The minimum atomic E-state index is 0.622. The second-order valence-electron chi connectivity index (χ2n) is 7.01. The highest BCUT2D eigenvalue weighted by atomic mass is 35.5. The van der Waals surface area contributed by atoms with Crippen LogP contribution in [0.3, 0.4) is 0 Å². The first-order chi connectivity index (χ1) is 13.5. The maximum atomic E-state index is 6.51. The molecule has 1 heterocycles. The van der Waals surface area contributed by atoms with Gasteiger partial charge in [0.15, 0.2) is 5.13 Å². The Bertz CT molecular complexity index is 938. The molecule has 0 N–H and O–H groups in total. The Balaban J connectivity index is 1.93. The van der Waals surface area contributed by atoms with Crippen molar-refractivity contribution in [2.45, 2.75) is 40.3 Å². The molecule has 0 aliphatic rings. The summed E-state index contributed by atoms with van der Waals surface area (Å²) in [6.45, 7) is 8.77. The highest BCUT2D eigenvalue weighted by Crippen LogP contribution is 2.37. The molecule has 0 radical (unpaired) electrons. The van der Waals surface area contributed by atoms with Gasteiger partial charge in [-0.15, -0.1) is 11.3 Å². The van der Waals surface area contributed by atoms with Gasteiger partial charge in [-0.3, -0.25) is 0 Å². The molecule has 3 aromatic rings. The Kier molecular flexibility index (Phi) is 7.11. The largest absolute Gasteiger partial charge is 0.380 e. The number of rotatable bonds is 8. The number of methoxy groups -OCH3 is 1. The van der Waals surface area contributed by atoms with Crippen molar-refractivity contribution < 1.29 is 4.74 Å². The van der Waals surface area contributed by atoms with Crippen LogP contribution in [-0.2, 0) is 17.9 Å². The van der Waals surface area contributed by atoms with Gasteiger partial charge in [0.25, 0.3) is 0 Å². The van der Waals surface area contributed by atoms with E-state index in [0.717, 1.165) is 46.5 Å². The molecule has 1 aromatic heterocycles. The van der Waals surface area contributed by atoms with E-state index in [1.165, 1.54) is 16.0 Å². The zero-order valence-corrected chi connectivity index (χ0v) is 18.5. The summed E-state index contributed by atoms with van der Waals surface area (Å²) in [5.74, 6) is 0. The van der Waals surface area contributed by atoms with Gasteiger partial charge in [-0.05, 0) is 43.0 Å². The van der Waals surface area contributed by atoms with Crippen molar-refractivity contribution in [2.24, 2.45) is 0 Å². The van der Waals surface area contributed by atoms with E-state index in [1.807, 2.05) is 6.07 Å². The Morgan fingerprint density at radius 3 is 2.54 bits per heavy atom. The van der Waals surface area contributed by atoms with Crippen LogP contribution in [0.4, 0.5) is 5.13 Å². The van der Waals surface area contributed by atoms with Gasteiger partial charge in [0.2, 0.25) is 0 Å². The summed E-state index contributed by atoms with van der Waals surface area (Å²) in [6, 6.07) is 14.6. The van der Waals surface area contributed by atoms with Gasteiger partial charge in [-0.25, -0.2) is 4.98 Å². The third-order valence-electron chi connectivity index (χ3n) is 4.71. The monoisotopic (exact) mass is 414 g/mol. The highest BCUT2D eigenvalue weighted by Gasteiger charge is 2.18. The minimum Gasteiger partial charge on any atom is -0.380 e. The molecule has 0 bridgehead atoms. The number of thiazole rings is 1. The molecule has 0 aliphatic heterocycles. The molecule has 0 spiro atoms. The van der Waals surface area contributed by atoms with Crippen LogP contribution in [0.2, 0.25) is 5.02 Å². The summed E-state index contributed by atoms with van der Waals surface area (Å²) in [6.07, 6.45) is 1.06. The van der Waals surface area contributed by atoms with Crippen LogP contribution in [-0.4, -0.2) is 18.6 Å². The van der Waals surface area contributed by atoms with Crippen molar-refractivity contribution in [3.05, 3.63) is 69.1 Å². The zero-order valence-electron chi connectivity index (χ0n) is 17.0. The first kappa shape index (κ1) is 20.8. The Hall–Kier alpha value is -1.88. The molecule has 0 amide bonds. The SMILES string of the molecule is CCCN(Cc1ccccc1COC)c1nc(-c2ccc(C)cc2Cl)c(C)s1. The van der Waals surface area contributed by atoms with Crippen LogP contribution in [0.15, 0.2) is 42.5 Å². The van der Waals surface area contributed by atoms with Gasteiger partial charge < -0.3 is 9.64 Å². The lowest BCUT2D eigenvalue weighted by Gasteiger charge is -2.22. The van der Waals surface area contributed by atoms with E-state index in [9.17, 15) is 0 Å². The standard InChI is InChI=1S/C23H27ClN2OS/c1-5-12-26(14-18-8-6-7-9-19(18)15-27-4)23-25-22(17(3)28-23)20-11-10-16(2)13-21(20)24/h6-11,13H,5,12,14-15H2,1-4H3. The number of benzene rings is 2. The predicted molar refractivity (Wildman–Crippen MR) is 121 cm³/mol. The van der Waals surface area contributed by atoms with Crippen LogP contribution in [0.5, 0.6) is 0 Å². The fraction of sp³-hybridized carbons (Fsp3) is 0.348. The van der Waals surface area contributed by atoms with Crippen molar-refractivity contribution in [1.82, 2.24) is 4.98 Å². The zero-order chi connectivity index (χ0) is 20.1. The molecule has 5 heteroatoms. The number of halogens is 1. The van der Waals surface area contributed by atoms with Crippen molar-refractivity contribution in [2.75, 3.05) is 18.6 Å². The summed E-state index contributed by atoms with van der Waals surface area (Å²) < 4.78 is 5.37. The molecule has 0 aliphatic carbocycles. The normalized spacial score (nSPS) is 11.0. The summed E-state index contributed by atoms with van der Waals surface area (Å²) in [4.78, 5) is 8.54. The number of hydrogen-bond acceptors (Lipinski definition) is 4. The van der Waals surface area contributed by atoms with Gasteiger partial charge >= 0.3 is 0 Å². The smallest absolute Gasteiger partial charge is 0.186 e. The lowest BCUT2D eigenvalue weighted by Crippen LogP contribution is -2.24. The second kappa shape index (κ2) is 9.55. The average Bonchev–Trinajstić information content (AvgIpc) is 3.04. The highest BCUT2D eigenvalue weighted by molar-refractivity contribution is 7.16. The van der Waals surface area contributed by atoms with Crippen molar-refractivity contribution in [1.29, 1.82) is 0 Å². The third-order valence-corrected chi connectivity index (χ3v) is 6.05. The maximum absolute atomic E-state index is 6.51. The number of nitrogens with zero attached hydrogens (tertiary/aromatic N) is 2. The van der Waals surface area contributed by atoms with Gasteiger partial charge in [-0.2, -0.15) is 0 Å². The number of hydrogen-bond donors (Lipinski definition) is 0. The van der Waals surface area contributed by atoms with Crippen molar-refractivity contribution in [3.8, 4) is 11.3 Å². The number of aryl methyl sites for hydroxylation is 2. The maximum Gasteiger partial charge on any atom is 0.186 e. The van der Waals surface area contributed by atoms with Gasteiger partial charge in [0, 0.05) is 30.6 Å². The molecular formula is C23H27ClN2OS. The van der Waals surface area contributed by atoms with E-state index >= 15 is 0 Å². The molecule has 28 heavy (non-hydrogen) atoms. The molecular weight excluding hydrogens is 388 g/mol. The topological polar surface area (TPSA) is 25.4 Å². The summed E-state index contributed by atoms with van der Waals surface area (Å²) in [5, 5.41) is 1.80. The van der Waals surface area contributed by atoms with E-state index in [4.69, 9.17) is 21.3 Å². The third kappa shape index (κ3) is 4.75. The van der Waals surface area contributed by atoms with Crippen molar-refractivity contribution >= 4 is 28.1 Å². The Labute approximate surface area is 177 Å². The fourth-order valence-corrected chi connectivity index (χ4v) is 4.58. The number of anilines is 1. The fourth-order valence-electron chi connectivity index (χ4n) is 3.31. The van der Waals surface area contributed by atoms with Crippen LogP contribution >= 0.6 is 22.9 Å². The van der Waals surface area contributed by atoms with Crippen LogP contribution < -0.4 is 4.90 Å². The molecule has 0 saturated heterocycles. The first-order valence-electron chi connectivity index (χ1n) is 9.58. The molecule has 0 saturated carbocycles. The van der Waals surface area contributed by atoms with Gasteiger partial charge in [0.05, 0.1) is 17.3 Å².